The summed E-state index contributed by atoms with van der Waals surface area (Å²) in [4.78, 5) is 11.9. The average Bonchev–Trinajstić information content (AvgIpc) is 2.43. The van der Waals surface area contributed by atoms with E-state index in [0.29, 0.717) is 24.8 Å². The molecule has 0 aromatic heterocycles. The number of halogens is 1. The van der Waals surface area contributed by atoms with Crippen molar-refractivity contribution in [2.45, 2.75) is 32.8 Å². The quantitative estimate of drug-likeness (QED) is 0.882. The molecule has 0 saturated heterocycles. The molecule has 0 spiro atoms. The van der Waals surface area contributed by atoms with E-state index < -0.39 is 6.29 Å². The van der Waals surface area contributed by atoms with Gasteiger partial charge in [-0.3, -0.25) is 4.79 Å². The number of hydrogen-bond donors (Lipinski definition) is 2. The van der Waals surface area contributed by atoms with E-state index in [-0.39, 0.29) is 24.4 Å². The van der Waals surface area contributed by atoms with Crippen molar-refractivity contribution in [1.82, 2.24) is 5.32 Å². The number of rotatable bonds is 4. The van der Waals surface area contributed by atoms with Gasteiger partial charge in [0.1, 0.15) is 5.75 Å². The minimum Gasteiger partial charge on any atom is -0.455 e. The molecule has 3 N–H and O–H groups in total. The molecule has 1 aromatic rings. The lowest BCUT2D eigenvalue weighted by Gasteiger charge is -2.26. The van der Waals surface area contributed by atoms with Gasteiger partial charge in [0.25, 0.3) is 12.2 Å². The lowest BCUT2D eigenvalue weighted by Crippen LogP contribution is -2.47. The molecule has 1 unspecified atom stereocenters. The summed E-state index contributed by atoms with van der Waals surface area (Å²) in [5, 5.41) is 2.75. The zero-order valence-corrected chi connectivity index (χ0v) is 12.5. The number of carbonyl (C=O) groups is 1. The van der Waals surface area contributed by atoms with Crippen LogP contribution < -0.4 is 15.8 Å². The van der Waals surface area contributed by atoms with Crippen LogP contribution in [0.4, 0.5) is 0 Å². The van der Waals surface area contributed by atoms with Crippen LogP contribution in [0.5, 0.6) is 5.75 Å². The maximum absolute atomic E-state index is 11.9. The van der Waals surface area contributed by atoms with E-state index in [2.05, 4.69) is 5.32 Å². The van der Waals surface area contributed by atoms with Crippen molar-refractivity contribution >= 4 is 18.3 Å². The van der Waals surface area contributed by atoms with Crippen molar-refractivity contribution in [3.63, 3.8) is 0 Å². The molecule has 1 aliphatic rings. The van der Waals surface area contributed by atoms with E-state index in [1.807, 2.05) is 38.1 Å². The number of amides is 1. The predicted octanol–water partition coefficient (Wildman–Crippen LogP) is 1.44. The Labute approximate surface area is 125 Å². The van der Waals surface area contributed by atoms with Crippen LogP contribution in [-0.4, -0.2) is 24.8 Å². The van der Waals surface area contributed by atoms with Gasteiger partial charge in [0, 0.05) is 18.2 Å². The summed E-state index contributed by atoms with van der Waals surface area (Å²) in [7, 11) is 0. The van der Waals surface area contributed by atoms with E-state index in [0.717, 1.165) is 5.56 Å². The SMILES string of the molecule is CC(C)[C@H](N)CNC(=O)C1OCc2ccccc2O1.Cl. The first kappa shape index (κ1) is 16.8. The van der Waals surface area contributed by atoms with E-state index in [4.69, 9.17) is 15.2 Å². The Morgan fingerprint density at radius 1 is 1.45 bits per heavy atom. The number of nitrogens with one attached hydrogen (secondary N) is 1. The van der Waals surface area contributed by atoms with Crippen molar-refractivity contribution in [2.75, 3.05) is 6.54 Å². The largest absolute Gasteiger partial charge is 0.455 e. The molecule has 6 heteroatoms. The molecule has 20 heavy (non-hydrogen) atoms. The second-order valence-electron chi connectivity index (χ2n) is 5.02. The summed E-state index contributed by atoms with van der Waals surface area (Å²) in [6, 6.07) is 7.46. The molecule has 0 saturated carbocycles. The molecule has 0 bridgehead atoms. The Balaban J connectivity index is 0.00000200. The summed E-state index contributed by atoms with van der Waals surface area (Å²) >= 11 is 0. The van der Waals surface area contributed by atoms with Crippen LogP contribution in [0.15, 0.2) is 24.3 Å². The molecule has 1 aliphatic heterocycles. The topological polar surface area (TPSA) is 73.6 Å². The fourth-order valence-corrected chi connectivity index (χ4v) is 1.72. The van der Waals surface area contributed by atoms with Crippen LogP contribution >= 0.6 is 12.4 Å². The highest BCUT2D eigenvalue weighted by molar-refractivity contribution is 5.85. The zero-order valence-electron chi connectivity index (χ0n) is 11.7. The minimum atomic E-state index is -0.894. The Morgan fingerprint density at radius 2 is 2.15 bits per heavy atom. The van der Waals surface area contributed by atoms with Gasteiger partial charge >= 0.3 is 0 Å². The molecule has 0 aliphatic carbocycles. The van der Waals surface area contributed by atoms with Crippen LogP contribution in [0.3, 0.4) is 0 Å². The number of para-hydroxylation sites is 1. The Kier molecular flexibility index (Phi) is 6.26. The Morgan fingerprint density at radius 3 is 2.85 bits per heavy atom. The predicted molar refractivity (Wildman–Crippen MR) is 78.7 cm³/mol. The maximum atomic E-state index is 11.9. The van der Waals surface area contributed by atoms with Gasteiger partial charge < -0.3 is 20.5 Å². The molecule has 1 heterocycles. The number of hydrogen-bond acceptors (Lipinski definition) is 4. The summed E-state index contributed by atoms with van der Waals surface area (Å²) in [6.07, 6.45) is -0.894. The lowest BCUT2D eigenvalue weighted by atomic mass is 10.1. The fourth-order valence-electron chi connectivity index (χ4n) is 1.72. The van der Waals surface area contributed by atoms with E-state index >= 15 is 0 Å². The fraction of sp³-hybridized carbons (Fsp3) is 0.500. The van der Waals surface area contributed by atoms with Crippen LogP contribution in [0.1, 0.15) is 19.4 Å². The summed E-state index contributed by atoms with van der Waals surface area (Å²) in [5.74, 6) is 0.724. The van der Waals surface area contributed by atoms with Gasteiger partial charge in [-0.15, -0.1) is 12.4 Å². The van der Waals surface area contributed by atoms with Gasteiger partial charge in [0.05, 0.1) is 6.61 Å². The Hall–Kier alpha value is -1.30. The monoisotopic (exact) mass is 300 g/mol. The highest BCUT2D eigenvalue weighted by atomic mass is 35.5. The molecule has 2 atom stereocenters. The standard InChI is InChI=1S/C14H20N2O3.ClH/c1-9(2)11(15)7-16-13(17)14-18-8-10-5-3-4-6-12(10)19-14;/h3-6,9,11,14H,7-8,15H2,1-2H3,(H,16,17);1H/t11-,14?;/m1./s1. The first-order valence-corrected chi connectivity index (χ1v) is 6.47. The first-order chi connectivity index (χ1) is 9.08. The molecule has 2 rings (SSSR count). The molecule has 1 aromatic carbocycles. The number of nitrogens with two attached hydrogens (primary N) is 1. The number of fused-ring (bicyclic) bond motifs is 1. The van der Waals surface area contributed by atoms with Crippen molar-refractivity contribution in [3.8, 4) is 5.75 Å². The molecule has 112 valence electrons. The van der Waals surface area contributed by atoms with Crippen molar-refractivity contribution in [2.24, 2.45) is 11.7 Å². The molecule has 5 nitrogen and oxygen atoms in total. The maximum Gasteiger partial charge on any atom is 0.289 e. The van der Waals surface area contributed by atoms with Crippen LogP contribution in [0, 0.1) is 5.92 Å². The van der Waals surface area contributed by atoms with E-state index in [1.54, 1.807) is 0 Å². The highest BCUT2D eigenvalue weighted by Crippen LogP contribution is 2.25. The smallest absolute Gasteiger partial charge is 0.289 e. The van der Waals surface area contributed by atoms with Crippen molar-refractivity contribution in [3.05, 3.63) is 29.8 Å². The van der Waals surface area contributed by atoms with Gasteiger partial charge in [-0.05, 0) is 12.0 Å². The minimum absolute atomic E-state index is 0. The zero-order chi connectivity index (χ0) is 13.8. The van der Waals surface area contributed by atoms with Crippen molar-refractivity contribution < 1.29 is 14.3 Å². The van der Waals surface area contributed by atoms with Crippen LogP contribution in [0.2, 0.25) is 0 Å². The van der Waals surface area contributed by atoms with Gasteiger partial charge in [-0.25, -0.2) is 0 Å². The summed E-state index contributed by atoms with van der Waals surface area (Å²) in [5.41, 5.74) is 6.82. The third kappa shape index (κ3) is 4.10. The van der Waals surface area contributed by atoms with Gasteiger partial charge in [0.15, 0.2) is 0 Å². The van der Waals surface area contributed by atoms with Gasteiger partial charge in [0.2, 0.25) is 0 Å². The third-order valence-electron chi connectivity index (χ3n) is 3.18. The molecular weight excluding hydrogens is 280 g/mol. The normalized spacial score (nSPS) is 18.5. The molecule has 0 fully saturated rings. The van der Waals surface area contributed by atoms with Gasteiger partial charge in [-0.2, -0.15) is 0 Å². The van der Waals surface area contributed by atoms with Crippen LogP contribution in [-0.2, 0) is 16.1 Å². The van der Waals surface area contributed by atoms with E-state index in [1.165, 1.54) is 0 Å². The summed E-state index contributed by atoms with van der Waals surface area (Å²) < 4.78 is 10.9. The number of benzene rings is 1. The number of carbonyl (C=O) groups excluding carboxylic acids is 1. The van der Waals surface area contributed by atoms with Crippen LogP contribution in [0.25, 0.3) is 0 Å². The third-order valence-corrected chi connectivity index (χ3v) is 3.18. The average molecular weight is 301 g/mol. The molecular formula is C14H21ClN2O3. The Bertz CT molecular complexity index is 454. The van der Waals surface area contributed by atoms with Crippen molar-refractivity contribution in [1.29, 1.82) is 0 Å². The molecule has 0 radical (unpaired) electrons. The first-order valence-electron chi connectivity index (χ1n) is 6.47. The second kappa shape index (κ2) is 7.47. The summed E-state index contributed by atoms with van der Waals surface area (Å²) in [6.45, 7) is 4.83. The molecule has 1 amide bonds. The number of ether oxygens (including phenoxy) is 2. The highest BCUT2D eigenvalue weighted by Gasteiger charge is 2.26. The van der Waals surface area contributed by atoms with E-state index in [9.17, 15) is 4.79 Å². The second-order valence-corrected chi connectivity index (χ2v) is 5.02. The lowest BCUT2D eigenvalue weighted by molar-refractivity contribution is -0.159. The van der Waals surface area contributed by atoms with Gasteiger partial charge in [-0.1, -0.05) is 32.0 Å².